The fourth-order valence-electron chi connectivity index (χ4n) is 2.41. The van der Waals surface area contributed by atoms with Gasteiger partial charge in [-0.2, -0.15) is 0 Å². The Bertz CT molecular complexity index is 615. The summed E-state index contributed by atoms with van der Waals surface area (Å²) in [5, 5.41) is 0. The van der Waals surface area contributed by atoms with E-state index in [2.05, 4.69) is 34.1 Å². The quantitative estimate of drug-likeness (QED) is 0.870. The summed E-state index contributed by atoms with van der Waals surface area (Å²) in [4.78, 5) is 0. The van der Waals surface area contributed by atoms with E-state index in [-0.39, 0.29) is 6.10 Å². The van der Waals surface area contributed by atoms with Crippen LogP contribution in [-0.4, -0.2) is 13.2 Å². The van der Waals surface area contributed by atoms with E-state index in [0.29, 0.717) is 12.3 Å². The first-order valence-electron chi connectivity index (χ1n) is 6.61. The van der Waals surface area contributed by atoms with Gasteiger partial charge < -0.3 is 15.2 Å². The predicted molar refractivity (Wildman–Crippen MR) is 82.9 cm³/mol. The van der Waals surface area contributed by atoms with Crippen molar-refractivity contribution in [3.05, 3.63) is 58.1 Å². The molecule has 0 spiro atoms. The highest BCUT2D eigenvalue weighted by Gasteiger charge is 2.21. The third kappa shape index (κ3) is 2.81. The largest absolute Gasteiger partial charge is 0.489 e. The van der Waals surface area contributed by atoms with Gasteiger partial charge in [-0.3, -0.25) is 0 Å². The van der Waals surface area contributed by atoms with Crippen LogP contribution in [0.15, 0.2) is 46.9 Å². The molecule has 1 heterocycles. The molecule has 2 aromatic rings. The summed E-state index contributed by atoms with van der Waals surface area (Å²) < 4.78 is 12.6. The molecule has 104 valence electrons. The number of hydrogen-bond acceptors (Lipinski definition) is 3. The van der Waals surface area contributed by atoms with Gasteiger partial charge in [0.15, 0.2) is 0 Å². The average Bonchev–Trinajstić information content (AvgIpc) is 2.48. The molecule has 0 amide bonds. The Labute approximate surface area is 126 Å². The standard InChI is InChI=1S/C16H16BrNO2/c17-14-6-5-12(18)9-15(14)20-10-16-13-4-2-1-3-11(13)7-8-19-16/h1-6,9,16H,7-8,10,18H2. The number of benzene rings is 2. The minimum absolute atomic E-state index is 0.0201. The molecule has 0 radical (unpaired) electrons. The lowest BCUT2D eigenvalue weighted by atomic mass is 9.98. The van der Waals surface area contributed by atoms with Crippen LogP contribution in [0.5, 0.6) is 5.75 Å². The molecule has 20 heavy (non-hydrogen) atoms. The molecular weight excluding hydrogens is 318 g/mol. The van der Waals surface area contributed by atoms with Gasteiger partial charge in [-0.1, -0.05) is 24.3 Å². The van der Waals surface area contributed by atoms with Crippen molar-refractivity contribution in [3.8, 4) is 5.75 Å². The van der Waals surface area contributed by atoms with Crippen LogP contribution in [0.25, 0.3) is 0 Å². The van der Waals surface area contributed by atoms with Gasteiger partial charge in [-0.25, -0.2) is 0 Å². The van der Waals surface area contributed by atoms with Crippen molar-refractivity contribution < 1.29 is 9.47 Å². The minimum atomic E-state index is -0.0201. The van der Waals surface area contributed by atoms with Crippen molar-refractivity contribution in [3.63, 3.8) is 0 Å². The first-order valence-corrected chi connectivity index (χ1v) is 7.40. The fourth-order valence-corrected chi connectivity index (χ4v) is 2.77. The maximum absolute atomic E-state index is 5.86. The number of anilines is 1. The molecule has 1 aliphatic heterocycles. The van der Waals surface area contributed by atoms with E-state index in [1.807, 2.05) is 24.3 Å². The Morgan fingerprint density at radius 1 is 1.25 bits per heavy atom. The lowest BCUT2D eigenvalue weighted by Crippen LogP contribution is -2.21. The predicted octanol–water partition coefficient (Wildman–Crippen LogP) is 3.72. The summed E-state index contributed by atoms with van der Waals surface area (Å²) in [5.41, 5.74) is 9.04. The molecule has 0 bridgehead atoms. The van der Waals surface area contributed by atoms with Gasteiger partial charge >= 0.3 is 0 Å². The molecule has 1 aliphatic rings. The molecule has 0 fully saturated rings. The molecule has 0 aliphatic carbocycles. The fraction of sp³-hybridized carbons (Fsp3) is 0.250. The smallest absolute Gasteiger partial charge is 0.135 e. The molecule has 2 aromatic carbocycles. The third-order valence-electron chi connectivity index (χ3n) is 3.44. The lowest BCUT2D eigenvalue weighted by molar-refractivity contribution is 0.0100. The van der Waals surface area contributed by atoms with E-state index in [9.17, 15) is 0 Å². The van der Waals surface area contributed by atoms with Crippen molar-refractivity contribution in [1.82, 2.24) is 0 Å². The van der Waals surface area contributed by atoms with Gasteiger partial charge in [-0.05, 0) is 45.6 Å². The number of fused-ring (bicyclic) bond motifs is 1. The zero-order valence-corrected chi connectivity index (χ0v) is 12.6. The zero-order valence-electron chi connectivity index (χ0n) is 11.0. The number of nitrogen functional groups attached to an aromatic ring is 1. The van der Waals surface area contributed by atoms with E-state index in [0.717, 1.165) is 23.2 Å². The Hall–Kier alpha value is -1.52. The molecule has 0 saturated heterocycles. The topological polar surface area (TPSA) is 44.5 Å². The highest BCUT2D eigenvalue weighted by Crippen LogP contribution is 2.31. The Balaban J connectivity index is 1.75. The number of rotatable bonds is 3. The van der Waals surface area contributed by atoms with Crippen LogP contribution in [0, 0.1) is 0 Å². The Kier molecular flexibility index (Phi) is 3.94. The van der Waals surface area contributed by atoms with Gasteiger partial charge in [0.1, 0.15) is 18.5 Å². The molecule has 1 unspecified atom stereocenters. The van der Waals surface area contributed by atoms with Crippen LogP contribution < -0.4 is 10.5 Å². The number of halogens is 1. The molecule has 0 saturated carbocycles. The van der Waals surface area contributed by atoms with E-state index in [4.69, 9.17) is 15.2 Å². The number of ether oxygens (including phenoxy) is 2. The normalized spacial score (nSPS) is 17.6. The van der Waals surface area contributed by atoms with Gasteiger partial charge in [0.25, 0.3) is 0 Å². The number of nitrogens with two attached hydrogens (primary N) is 1. The van der Waals surface area contributed by atoms with Crippen molar-refractivity contribution >= 4 is 21.6 Å². The molecular formula is C16H16BrNO2. The number of hydrogen-bond donors (Lipinski definition) is 1. The van der Waals surface area contributed by atoms with Crippen LogP contribution in [-0.2, 0) is 11.2 Å². The first kappa shape index (κ1) is 13.5. The average molecular weight is 334 g/mol. The molecule has 4 heteroatoms. The maximum Gasteiger partial charge on any atom is 0.135 e. The van der Waals surface area contributed by atoms with Crippen molar-refractivity contribution in [2.75, 3.05) is 18.9 Å². The van der Waals surface area contributed by atoms with E-state index in [1.165, 1.54) is 11.1 Å². The third-order valence-corrected chi connectivity index (χ3v) is 4.09. The summed E-state index contributed by atoms with van der Waals surface area (Å²) in [6, 6.07) is 13.9. The zero-order chi connectivity index (χ0) is 13.9. The van der Waals surface area contributed by atoms with Crippen LogP contribution in [0.3, 0.4) is 0 Å². The summed E-state index contributed by atoms with van der Waals surface area (Å²) in [6.45, 7) is 1.22. The van der Waals surface area contributed by atoms with E-state index >= 15 is 0 Å². The van der Waals surface area contributed by atoms with Crippen molar-refractivity contribution in [2.45, 2.75) is 12.5 Å². The second-order valence-corrected chi connectivity index (χ2v) is 5.66. The van der Waals surface area contributed by atoms with Crippen LogP contribution >= 0.6 is 15.9 Å². The molecule has 0 aromatic heterocycles. The van der Waals surface area contributed by atoms with E-state index in [1.54, 1.807) is 0 Å². The monoisotopic (exact) mass is 333 g/mol. The molecule has 3 rings (SSSR count). The molecule has 3 nitrogen and oxygen atoms in total. The van der Waals surface area contributed by atoms with E-state index < -0.39 is 0 Å². The Morgan fingerprint density at radius 2 is 2.10 bits per heavy atom. The van der Waals surface area contributed by atoms with Gasteiger partial charge in [-0.15, -0.1) is 0 Å². The van der Waals surface area contributed by atoms with Crippen LogP contribution in [0.1, 0.15) is 17.2 Å². The van der Waals surface area contributed by atoms with Crippen molar-refractivity contribution in [2.24, 2.45) is 0 Å². The molecule has 2 N–H and O–H groups in total. The lowest BCUT2D eigenvalue weighted by Gasteiger charge is -2.26. The van der Waals surface area contributed by atoms with Gasteiger partial charge in [0.05, 0.1) is 11.1 Å². The Morgan fingerprint density at radius 3 is 3.00 bits per heavy atom. The first-order chi connectivity index (χ1) is 9.74. The SMILES string of the molecule is Nc1ccc(Br)c(OCC2OCCc3ccccc32)c1. The summed E-state index contributed by atoms with van der Waals surface area (Å²) >= 11 is 3.47. The maximum atomic E-state index is 5.86. The molecule has 1 atom stereocenters. The van der Waals surface area contributed by atoms with Gasteiger partial charge in [0, 0.05) is 11.8 Å². The van der Waals surface area contributed by atoms with Crippen molar-refractivity contribution in [1.29, 1.82) is 0 Å². The van der Waals surface area contributed by atoms with Gasteiger partial charge in [0.2, 0.25) is 0 Å². The summed E-state index contributed by atoms with van der Waals surface area (Å²) in [7, 11) is 0. The second kappa shape index (κ2) is 5.85. The minimum Gasteiger partial charge on any atom is -0.489 e. The van der Waals surface area contributed by atoms with Crippen LogP contribution in [0.4, 0.5) is 5.69 Å². The second-order valence-electron chi connectivity index (χ2n) is 4.81. The highest BCUT2D eigenvalue weighted by atomic mass is 79.9. The van der Waals surface area contributed by atoms with Crippen LogP contribution in [0.2, 0.25) is 0 Å². The summed E-state index contributed by atoms with van der Waals surface area (Å²) in [6.07, 6.45) is 0.947. The highest BCUT2D eigenvalue weighted by molar-refractivity contribution is 9.10. The summed E-state index contributed by atoms with van der Waals surface area (Å²) in [5.74, 6) is 0.747.